The van der Waals surface area contributed by atoms with E-state index in [-0.39, 0.29) is 18.5 Å². The number of amides is 1. The van der Waals surface area contributed by atoms with E-state index in [4.69, 9.17) is 5.73 Å². The third kappa shape index (κ3) is 4.44. The molecule has 108 valence electrons. The molecule has 6 nitrogen and oxygen atoms in total. The normalized spacial score (nSPS) is 11.3. The van der Waals surface area contributed by atoms with Gasteiger partial charge in [-0.1, -0.05) is 24.0 Å². The highest BCUT2D eigenvalue weighted by Crippen LogP contribution is 2.13. The third-order valence-electron chi connectivity index (χ3n) is 2.90. The van der Waals surface area contributed by atoms with Crippen LogP contribution in [0.4, 0.5) is 0 Å². The number of carbonyl (C=O) groups is 1. The number of carbonyl (C=O) groups excluding carboxylic acids is 1. The van der Waals surface area contributed by atoms with Gasteiger partial charge in [0.2, 0.25) is 5.91 Å². The zero-order chi connectivity index (χ0) is 15.1. The highest BCUT2D eigenvalue weighted by Gasteiger charge is 2.10. The second kappa shape index (κ2) is 7.22. The van der Waals surface area contributed by atoms with Crippen LogP contribution in [-0.4, -0.2) is 27.2 Å². The molecule has 0 fully saturated rings. The second-order valence-electron chi connectivity index (χ2n) is 4.51. The van der Waals surface area contributed by atoms with Crippen molar-refractivity contribution in [3.05, 3.63) is 48.0 Å². The van der Waals surface area contributed by atoms with Crippen molar-refractivity contribution in [3.8, 4) is 11.8 Å². The fourth-order valence-electron chi connectivity index (χ4n) is 1.84. The number of nitrogens with one attached hydrogen (secondary N) is 1. The van der Waals surface area contributed by atoms with Gasteiger partial charge in [-0.15, -0.1) is 0 Å². The summed E-state index contributed by atoms with van der Waals surface area (Å²) in [5, 5.41) is 6.81. The van der Waals surface area contributed by atoms with Gasteiger partial charge in [-0.05, 0) is 24.6 Å². The molecule has 1 atom stereocenters. The Balaban J connectivity index is 1.93. The Morgan fingerprint density at radius 3 is 2.81 bits per heavy atom. The van der Waals surface area contributed by atoms with E-state index in [1.807, 2.05) is 31.2 Å². The van der Waals surface area contributed by atoms with E-state index in [0.717, 1.165) is 11.1 Å². The van der Waals surface area contributed by atoms with E-state index in [0.29, 0.717) is 6.54 Å². The topological polar surface area (TPSA) is 85.8 Å². The maximum absolute atomic E-state index is 11.9. The summed E-state index contributed by atoms with van der Waals surface area (Å²) in [4.78, 5) is 15.7. The highest BCUT2D eigenvalue weighted by molar-refractivity contribution is 5.76. The van der Waals surface area contributed by atoms with E-state index in [2.05, 4.69) is 27.2 Å². The fourth-order valence-corrected chi connectivity index (χ4v) is 1.84. The molecule has 0 aliphatic heterocycles. The van der Waals surface area contributed by atoms with Crippen LogP contribution < -0.4 is 11.1 Å². The molecule has 0 saturated heterocycles. The van der Waals surface area contributed by atoms with Crippen LogP contribution in [0, 0.1) is 11.8 Å². The molecule has 2 rings (SSSR count). The molecule has 3 N–H and O–H groups in total. The van der Waals surface area contributed by atoms with Crippen LogP contribution >= 0.6 is 0 Å². The van der Waals surface area contributed by atoms with E-state index in [1.165, 1.54) is 17.3 Å². The lowest BCUT2D eigenvalue weighted by molar-refractivity contribution is -0.122. The van der Waals surface area contributed by atoms with Crippen LogP contribution in [0.5, 0.6) is 0 Å². The molecule has 0 spiro atoms. The molecule has 1 amide bonds. The Morgan fingerprint density at radius 1 is 1.43 bits per heavy atom. The number of nitrogens with zero attached hydrogens (tertiary/aromatic N) is 3. The molecule has 0 aliphatic rings. The highest BCUT2D eigenvalue weighted by atomic mass is 16.2. The lowest BCUT2D eigenvalue weighted by Gasteiger charge is -2.14. The SMILES string of the molecule is CC(NC(=O)Cn1cncn1)c1ccc(C#CCN)cc1. The Kier molecular flexibility index (Phi) is 5.07. The van der Waals surface area contributed by atoms with E-state index < -0.39 is 0 Å². The minimum absolute atomic E-state index is 0.0856. The van der Waals surface area contributed by atoms with Crippen molar-refractivity contribution in [3.63, 3.8) is 0 Å². The number of benzene rings is 1. The minimum atomic E-state index is -0.111. The van der Waals surface area contributed by atoms with Crippen molar-refractivity contribution in [1.29, 1.82) is 0 Å². The molecule has 0 saturated carbocycles. The van der Waals surface area contributed by atoms with Crippen LogP contribution in [0.2, 0.25) is 0 Å². The first-order valence-electron chi connectivity index (χ1n) is 6.59. The van der Waals surface area contributed by atoms with Gasteiger partial charge < -0.3 is 11.1 Å². The molecule has 0 bridgehead atoms. The van der Waals surface area contributed by atoms with Gasteiger partial charge in [0.15, 0.2) is 0 Å². The maximum Gasteiger partial charge on any atom is 0.242 e. The molecule has 21 heavy (non-hydrogen) atoms. The van der Waals surface area contributed by atoms with Crippen molar-refractivity contribution in [2.75, 3.05) is 6.54 Å². The van der Waals surface area contributed by atoms with Gasteiger partial charge in [-0.25, -0.2) is 9.67 Å². The molecule has 0 aliphatic carbocycles. The van der Waals surface area contributed by atoms with Gasteiger partial charge in [0, 0.05) is 5.56 Å². The summed E-state index contributed by atoms with van der Waals surface area (Å²) < 4.78 is 1.48. The number of hydrogen-bond donors (Lipinski definition) is 2. The van der Waals surface area contributed by atoms with Crippen LogP contribution in [0.1, 0.15) is 24.1 Å². The van der Waals surface area contributed by atoms with Crippen LogP contribution in [0.25, 0.3) is 0 Å². The van der Waals surface area contributed by atoms with Gasteiger partial charge in [0.25, 0.3) is 0 Å². The molecule has 6 heteroatoms. The van der Waals surface area contributed by atoms with Crippen molar-refractivity contribution < 1.29 is 4.79 Å². The molecular weight excluding hydrogens is 266 g/mol. The number of nitrogens with two attached hydrogens (primary N) is 1. The van der Waals surface area contributed by atoms with Crippen LogP contribution in [-0.2, 0) is 11.3 Å². The zero-order valence-electron chi connectivity index (χ0n) is 11.8. The Hall–Kier alpha value is -2.65. The van der Waals surface area contributed by atoms with Gasteiger partial charge in [-0.3, -0.25) is 4.79 Å². The predicted molar refractivity (Wildman–Crippen MR) is 79.0 cm³/mol. The summed E-state index contributed by atoms with van der Waals surface area (Å²) in [6.45, 7) is 2.43. The van der Waals surface area contributed by atoms with E-state index in [1.54, 1.807) is 0 Å². The molecule has 1 heterocycles. The van der Waals surface area contributed by atoms with Crippen molar-refractivity contribution in [2.24, 2.45) is 5.73 Å². The van der Waals surface area contributed by atoms with Crippen molar-refractivity contribution in [1.82, 2.24) is 20.1 Å². The van der Waals surface area contributed by atoms with Crippen LogP contribution in [0.3, 0.4) is 0 Å². The largest absolute Gasteiger partial charge is 0.348 e. The van der Waals surface area contributed by atoms with Crippen molar-refractivity contribution >= 4 is 5.91 Å². The number of hydrogen-bond acceptors (Lipinski definition) is 4. The Bertz CT molecular complexity index is 637. The Morgan fingerprint density at radius 2 is 2.19 bits per heavy atom. The predicted octanol–water partition coefficient (Wildman–Crippen LogP) is 0.466. The first-order valence-corrected chi connectivity index (χ1v) is 6.59. The summed E-state index contributed by atoms with van der Waals surface area (Å²) in [6, 6.07) is 7.63. The first-order chi connectivity index (χ1) is 10.2. The van der Waals surface area contributed by atoms with Gasteiger partial charge >= 0.3 is 0 Å². The summed E-state index contributed by atoms with van der Waals surface area (Å²) in [5.74, 6) is 5.65. The average Bonchev–Trinajstić information content (AvgIpc) is 2.98. The Labute approximate surface area is 123 Å². The zero-order valence-corrected chi connectivity index (χ0v) is 11.8. The molecule has 1 aromatic carbocycles. The van der Waals surface area contributed by atoms with E-state index in [9.17, 15) is 4.79 Å². The second-order valence-corrected chi connectivity index (χ2v) is 4.51. The third-order valence-corrected chi connectivity index (χ3v) is 2.90. The molecule has 1 aromatic heterocycles. The summed E-state index contributed by atoms with van der Waals surface area (Å²) in [5.41, 5.74) is 7.25. The molecular formula is C15H17N5O. The monoisotopic (exact) mass is 283 g/mol. The quantitative estimate of drug-likeness (QED) is 0.798. The first kappa shape index (κ1) is 14.8. The molecule has 2 aromatic rings. The number of rotatable bonds is 4. The lowest BCUT2D eigenvalue weighted by atomic mass is 10.1. The fraction of sp³-hybridized carbons (Fsp3) is 0.267. The lowest BCUT2D eigenvalue weighted by Crippen LogP contribution is -2.30. The summed E-state index contributed by atoms with van der Waals surface area (Å²) in [7, 11) is 0. The minimum Gasteiger partial charge on any atom is -0.348 e. The average molecular weight is 283 g/mol. The molecule has 0 radical (unpaired) electrons. The number of aromatic nitrogens is 3. The standard InChI is InChI=1S/C15H17N5O/c1-12(19-15(21)9-20-11-17-10-18-20)14-6-4-13(5-7-14)3-2-8-16/h4-7,10-12H,8-9,16H2,1H3,(H,19,21). The molecule has 1 unspecified atom stereocenters. The van der Waals surface area contributed by atoms with Gasteiger partial charge in [0.1, 0.15) is 19.2 Å². The van der Waals surface area contributed by atoms with Crippen molar-refractivity contribution in [2.45, 2.75) is 19.5 Å². The van der Waals surface area contributed by atoms with Gasteiger partial charge in [0.05, 0.1) is 12.6 Å². The van der Waals surface area contributed by atoms with E-state index >= 15 is 0 Å². The maximum atomic E-state index is 11.9. The van der Waals surface area contributed by atoms with Crippen LogP contribution in [0.15, 0.2) is 36.9 Å². The summed E-state index contributed by atoms with van der Waals surface area (Å²) in [6.07, 6.45) is 2.91. The summed E-state index contributed by atoms with van der Waals surface area (Å²) >= 11 is 0. The van der Waals surface area contributed by atoms with Gasteiger partial charge in [-0.2, -0.15) is 5.10 Å². The smallest absolute Gasteiger partial charge is 0.242 e.